The third kappa shape index (κ3) is 4.91. The van der Waals surface area contributed by atoms with Crippen molar-refractivity contribution in [3.63, 3.8) is 0 Å². The molecule has 1 aromatic heterocycles. The number of aryl methyl sites for hydroxylation is 1. The lowest BCUT2D eigenvalue weighted by molar-refractivity contribution is 0.0935. The molecule has 0 aliphatic heterocycles. The quantitative estimate of drug-likeness (QED) is 0.528. The van der Waals surface area contributed by atoms with Gasteiger partial charge >= 0.3 is 0 Å². The predicted octanol–water partition coefficient (Wildman–Crippen LogP) is 4.77. The number of carbonyl (C=O) groups excluding carboxylic acids is 1. The second-order valence-corrected chi connectivity index (χ2v) is 10.3. The number of nitrogens with one attached hydrogen (secondary N) is 1. The maximum atomic E-state index is 12.8. The monoisotopic (exact) mass is 458 g/mol. The van der Waals surface area contributed by atoms with Crippen LogP contribution in [0.3, 0.4) is 0 Å². The van der Waals surface area contributed by atoms with Gasteiger partial charge in [0.2, 0.25) is 0 Å². The summed E-state index contributed by atoms with van der Waals surface area (Å²) in [6.45, 7) is 3.98. The van der Waals surface area contributed by atoms with Crippen LogP contribution in [0.1, 0.15) is 40.9 Å². The third-order valence-corrected chi connectivity index (χ3v) is 8.30. The molecule has 0 bridgehead atoms. The largest absolute Gasteiger partial charge is 0.496 e. The fourth-order valence-electron chi connectivity index (χ4n) is 3.29. The fourth-order valence-corrected chi connectivity index (χ4v) is 5.64. The van der Waals surface area contributed by atoms with Gasteiger partial charge in [0, 0.05) is 12.6 Å². The first-order valence-corrected chi connectivity index (χ1v) is 12.2. The summed E-state index contributed by atoms with van der Waals surface area (Å²) in [6.07, 6.45) is 0.734. The van der Waals surface area contributed by atoms with Gasteiger partial charge < -0.3 is 10.1 Å². The molecule has 2 aromatic carbocycles. The highest BCUT2D eigenvalue weighted by Gasteiger charge is 2.22. The second-order valence-electron chi connectivity index (χ2n) is 7.11. The van der Waals surface area contributed by atoms with Gasteiger partial charge in [0.25, 0.3) is 15.9 Å². The highest BCUT2D eigenvalue weighted by Crippen LogP contribution is 2.27. The normalized spacial score (nSPS) is 12.3. The van der Waals surface area contributed by atoms with E-state index in [-0.39, 0.29) is 16.2 Å². The topological polar surface area (TPSA) is 75.7 Å². The molecule has 0 aliphatic carbocycles. The van der Waals surface area contributed by atoms with E-state index in [0.717, 1.165) is 23.3 Å². The minimum atomic E-state index is -3.61. The number of thiophene rings is 1. The third-order valence-electron chi connectivity index (χ3n) is 5.14. The van der Waals surface area contributed by atoms with Crippen LogP contribution in [-0.4, -0.2) is 28.5 Å². The van der Waals surface area contributed by atoms with Gasteiger partial charge in [0.15, 0.2) is 0 Å². The summed E-state index contributed by atoms with van der Waals surface area (Å²) < 4.78 is 32.2. The molecular formula is C23H26N2O4S2. The van der Waals surface area contributed by atoms with Crippen LogP contribution in [-0.2, 0) is 10.0 Å². The first-order valence-electron chi connectivity index (χ1n) is 9.85. The van der Waals surface area contributed by atoms with Crippen LogP contribution in [0, 0.1) is 6.92 Å². The van der Waals surface area contributed by atoms with Crippen LogP contribution in [0.2, 0.25) is 0 Å². The number of nitrogens with zero attached hydrogens (tertiary/aromatic N) is 1. The van der Waals surface area contributed by atoms with E-state index in [9.17, 15) is 13.2 Å². The molecule has 164 valence electrons. The van der Waals surface area contributed by atoms with Crippen LogP contribution in [0.25, 0.3) is 0 Å². The molecule has 1 atom stereocenters. The Hall–Kier alpha value is -2.84. The molecule has 8 heteroatoms. The standard InChI is InChI=1S/C23H26N2O4S2/c1-5-20(18-10-13-21(29-4)16(2)15-18)24-23(26)17-8-11-19(12-9-17)25(3)31(27,28)22-7-6-14-30-22/h6-15,20H,5H2,1-4H3,(H,24,26)/t20-/m1/s1. The predicted molar refractivity (Wildman–Crippen MR) is 125 cm³/mol. The van der Waals surface area contributed by atoms with Gasteiger partial charge in [-0.15, -0.1) is 11.3 Å². The van der Waals surface area contributed by atoms with Crippen molar-refractivity contribution in [2.45, 2.75) is 30.5 Å². The van der Waals surface area contributed by atoms with Crippen LogP contribution in [0.4, 0.5) is 5.69 Å². The van der Waals surface area contributed by atoms with Gasteiger partial charge in [-0.1, -0.05) is 25.1 Å². The van der Waals surface area contributed by atoms with Gasteiger partial charge in [-0.05, 0) is 66.2 Å². The van der Waals surface area contributed by atoms with E-state index in [0.29, 0.717) is 11.3 Å². The summed E-state index contributed by atoms with van der Waals surface area (Å²) in [7, 11) is -0.474. The summed E-state index contributed by atoms with van der Waals surface area (Å²) in [5, 5.41) is 4.78. The number of hydrogen-bond acceptors (Lipinski definition) is 5. The highest BCUT2D eigenvalue weighted by atomic mass is 32.2. The van der Waals surface area contributed by atoms with Crippen LogP contribution in [0.15, 0.2) is 64.2 Å². The van der Waals surface area contributed by atoms with Crippen LogP contribution < -0.4 is 14.4 Å². The van der Waals surface area contributed by atoms with Gasteiger partial charge in [-0.25, -0.2) is 8.42 Å². The van der Waals surface area contributed by atoms with Gasteiger partial charge in [-0.3, -0.25) is 9.10 Å². The van der Waals surface area contributed by atoms with E-state index in [1.807, 2.05) is 32.0 Å². The molecule has 6 nitrogen and oxygen atoms in total. The Bertz CT molecular complexity index is 1140. The summed E-state index contributed by atoms with van der Waals surface area (Å²) in [6, 6.07) is 15.5. The molecule has 1 heterocycles. The summed E-state index contributed by atoms with van der Waals surface area (Å²) in [4.78, 5) is 12.8. The second kappa shape index (κ2) is 9.53. The maximum Gasteiger partial charge on any atom is 0.273 e. The Labute approximate surface area is 187 Å². The van der Waals surface area contributed by atoms with Crippen molar-refractivity contribution in [2.24, 2.45) is 0 Å². The molecule has 0 fully saturated rings. The molecule has 0 radical (unpaired) electrons. The van der Waals surface area contributed by atoms with Crippen LogP contribution in [0.5, 0.6) is 5.75 Å². The molecular weight excluding hydrogens is 432 g/mol. The Balaban J connectivity index is 1.74. The Kier molecular flexibility index (Phi) is 7.02. The van der Waals surface area contributed by atoms with Crippen LogP contribution >= 0.6 is 11.3 Å². The van der Waals surface area contributed by atoms with Crippen molar-refractivity contribution in [2.75, 3.05) is 18.5 Å². The van der Waals surface area contributed by atoms with E-state index in [1.165, 1.54) is 22.7 Å². The SMILES string of the molecule is CC[C@@H](NC(=O)c1ccc(N(C)S(=O)(=O)c2cccs2)cc1)c1ccc(OC)c(C)c1. The average molecular weight is 459 g/mol. The number of methoxy groups -OCH3 is 1. The molecule has 1 N–H and O–H groups in total. The number of ether oxygens (including phenoxy) is 1. The van der Waals surface area contributed by atoms with E-state index in [4.69, 9.17) is 4.74 Å². The van der Waals surface area contributed by atoms with Gasteiger partial charge in [0.05, 0.1) is 18.8 Å². The lowest BCUT2D eigenvalue weighted by atomic mass is 10.0. The fraction of sp³-hybridized carbons (Fsp3) is 0.261. The average Bonchev–Trinajstić information content (AvgIpc) is 3.32. The van der Waals surface area contributed by atoms with Gasteiger partial charge in [0.1, 0.15) is 9.96 Å². The van der Waals surface area contributed by atoms with Crippen molar-refractivity contribution in [1.82, 2.24) is 5.32 Å². The van der Waals surface area contributed by atoms with E-state index >= 15 is 0 Å². The minimum Gasteiger partial charge on any atom is -0.496 e. The maximum absolute atomic E-state index is 12.8. The van der Waals surface area contributed by atoms with E-state index < -0.39 is 10.0 Å². The van der Waals surface area contributed by atoms with Crippen molar-refractivity contribution < 1.29 is 17.9 Å². The summed E-state index contributed by atoms with van der Waals surface area (Å²) >= 11 is 1.17. The number of carbonyl (C=O) groups is 1. The number of benzene rings is 2. The number of amides is 1. The number of hydrogen-bond donors (Lipinski definition) is 1. The van der Waals surface area contributed by atoms with Crippen molar-refractivity contribution >= 4 is 33.0 Å². The Morgan fingerprint density at radius 2 is 1.87 bits per heavy atom. The Morgan fingerprint density at radius 1 is 1.16 bits per heavy atom. The highest BCUT2D eigenvalue weighted by molar-refractivity contribution is 7.94. The zero-order valence-electron chi connectivity index (χ0n) is 18.0. The summed E-state index contributed by atoms with van der Waals surface area (Å²) in [5.74, 6) is 0.595. The molecule has 3 rings (SSSR count). The lowest BCUT2D eigenvalue weighted by Gasteiger charge is -2.20. The van der Waals surface area contributed by atoms with E-state index in [1.54, 1.807) is 48.9 Å². The number of anilines is 1. The lowest BCUT2D eigenvalue weighted by Crippen LogP contribution is -2.28. The molecule has 0 unspecified atom stereocenters. The smallest absolute Gasteiger partial charge is 0.273 e. The van der Waals surface area contributed by atoms with Crippen molar-refractivity contribution in [1.29, 1.82) is 0 Å². The minimum absolute atomic E-state index is 0.140. The first-order chi connectivity index (χ1) is 14.8. The summed E-state index contributed by atoms with van der Waals surface area (Å²) in [5.41, 5.74) is 2.97. The molecule has 1 amide bonds. The van der Waals surface area contributed by atoms with E-state index in [2.05, 4.69) is 5.32 Å². The molecule has 0 saturated carbocycles. The first kappa shape index (κ1) is 22.8. The Morgan fingerprint density at radius 3 is 2.42 bits per heavy atom. The number of rotatable bonds is 8. The molecule has 0 spiro atoms. The zero-order valence-corrected chi connectivity index (χ0v) is 19.6. The van der Waals surface area contributed by atoms with Crippen molar-refractivity contribution in [3.8, 4) is 5.75 Å². The van der Waals surface area contributed by atoms with Crippen molar-refractivity contribution in [3.05, 3.63) is 76.7 Å². The molecule has 3 aromatic rings. The number of sulfonamides is 1. The molecule has 0 saturated heterocycles. The zero-order chi connectivity index (χ0) is 22.6. The molecule has 0 aliphatic rings. The van der Waals surface area contributed by atoms with Gasteiger partial charge in [-0.2, -0.15) is 0 Å². The molecule has 31 heavy (non-hydrogen) atoms.